The second-order valence-electron chi connectivity index (χ2n) is 3.27. The molecule has 0 amide bonds. The summed E-state index contributed by atoms with van der Waals surface area (Å²) in [4.78, 5) is 15.2. The van der Waals surface area contributed by atoms with Gasteiger partial charge in [0.2, 0.25) is 0 Å². The number of hydrogen-bond acceptors (Lipinski definition) is 4. The Kier molecular flexibility index (Phi) is 2.90. The molecule has 5 nitrogen and oxygen atoms in total. The molecule has 1 aromatic heterocycles. The smallest absolute Gasteiger partial charge is 0.253 e. The van der Waals surface area contributed by atoms with Crippen LogP contribution in [0.1, 0.15) is 0 Å². The molecule has 2 heterocycles. The van der Waals surface area contributed by atoms with Crippen LogP contribution in [0.25, 0.3) is 0 Å². The van der Waals surface area contributed by atoms with Crippen LogP contribution in [0.15, 0.2) is 23.4 Å². The van der Waals surface area contributed by atoms with Gasteiger partial charge < -0.3 is 10.1 Å². The van der Waals surface area contributed by atoms with Gasteiger partial charge in [-0.05, 0) is 0 Å². The zero-order valence-corrected chi connectivity index (χ0v) is 7.85. The summed E-state index contributed by atoms with van der Waals surface area (Å²) in [6.07, 6.45) is 3.12. The van der Waals surface area contributed by atoms with Crippen molar-refractivity contribution in [1.29, 1.82) is 0 Å². The Balaban J connectivity index is 2.03. The van der Waals surface area contributed by atoms with Crippen LogP contribution in [-0.4, -0.2) is 35.4 Å². The summed E-state index contributed by atoms with van der Waals surface area (Å²) in [5, 5.41) is 3.21. The van der Waals surface area contributed by atoms with Crippen LogP contribution in [0, 0.1) is 0 Å². The number of ether oxygens (including phenoxy) is 1. The van der Waals surface area contributed by atoms with E-state index in [9.17, 15) is 4.79 Å². The topological polar surface area (TPSA) is 56.2 Å². The van der Waals surface area contributed by atoms with Crippen molar-refractivity contribution in [2.45, 2.75) is 12.6 Å². The number of rotatable bonds is 2. The molecule has 1 aliphatic rings. The Bertz CT molecular complexity index is 344. The summed E-state index contributed by atoms with van der Waals surface area (Å²) in [5.74, 6) is 0. The molecule has 1 aliphatic heterocycles. The third kappa shape index (κ3) is 2.18. The van der Waals surface area contributed by atoms with Gasteiger partial charge in [0.15, 0.2) is 0 Å². The van der Waals surface area contributed by atoms with Gasteiger partial charge in [0.1, 0.15) is 0 Å². The summed E-state index contributed by atoms with van der Waals surface area (Å²) < 4.78 is 7.05. The van der Waals surface area contributed by atoms with Gasteiger partial charge in [-0.1, -0.05) is 0 Å². The minimum atomic E-state index is -0.0332. The van der Waals surface area contributed by atoms with Crippen LogP contribution in [0.3, 0.4) is 0 Å². The standard InChI is InChI=1S/C9H13N3O2/c13-9-1-2-11-7-12(9)6-8-5-10-3-4-14-8/h1-2,7-8,10H,3-6H2. The lowest BCUT2D eigenvalue weighted by molar-refractivity contribution is 0.0174. The van der Waals surface area contributed by atoms with Gasteiger partial charge >= 0.3 is 0 Å². The highest BCUT2D eigenvalue weighted by atomic mass is 16.5. The fourth-order valence-corrected chi connectivity index (χ4v) is 1.47. The highest BCUT2D eigenvalue weighted by Crippen LogP contribution is 1.97. The molecule has 14 heavy (non-hydrogen) atoms. The third-order valence-electron chi connectivity index (χ3n) is 2.20. The molecule has 0 spiro atoms. The highest BCUT2D eigenvalue weighted by molar-refractivity contribution is 4.83. The van der Waals surface area contributed by atoms with Crippen molar-refractivity contribution in [2.24, 2.45) is 0 Å². The second-order valence-corrected chi connectivity index (χ2v) is 3.27. The van der Waals surface area contributed by atoms with Crippen molar-refractivity contribution in [3.8, 4) is 0 Å². The fourth-order valence-electron chi connectivity index (χ4n) is 1.47. The van der Waals surface area contributed by atoms with Crippen LogP contribution in [-0.2, 0) is 11.3 Å². The van der Waals surface area contributed by atoms with Crippen LogP contribution in [0.2, 0.25) is 0 Å². The molecule has 0 saturated carbocycles. The summed E-state index contributed by atoms with van der Waals surface area (Å²) in [5.41, 5.74) is -0.0332. The second kappa shape index (κ2) is 4.34. The Morgan fingerprint density at radius 3 is 3.36 bits per heavy atom. The number of aromatic nitrogens is 2. The van der Waals surface area contributed by atoms with Gasteiger partial charge in [0, 0.05) is 25.4 Å². The fraction of sp³-hybridized carbons (Fsp3) is 0.556. The largest absolute Gasteiger partial charge is 0.374 e. The molecular weight excluding hydrogens is 182 g/mol. The maximum absolute atomic E-state index is 11.3. The first-order chi connectivity index (χ1) is 6.86. The average molecular weight is 195 g/mol. The molecule has 1 N–H and O–H groups in total. The molecule has 5 heteroatoms. The van der Waals surface area contributed by atoms with Crippen LogP contribution < -0.4 is 10.9 Å². The molecule has 2 rings (SSSR count). The molecular formula is C9H13N3O2. The Morgan fingerprint density at radius 1 is 1.71 bits per heavy atom. The van der Waals surface area contributed by atoms with Crippen molar-refractivity contribution in [3.05, 3.63) is 28.9 Å². The van der Waals surface area contributed by atoms with Gasteiger partial charge in [-0.2, -0.15) is 0 Å². The van der Waals surface area contributed by atoms with Crippen molar-refractivity contribution in [3.63, 3.8) is 0 Å². The predicted octanol–water partition coefficient (Wildman–Crippen LogP) is -0.768. The minimum Gasteiger partial charge on any atom is -0.374 e. The first kappa shape index (κ1) is 9.36. The van der Waals surface area contributed by atoms with E-state index in [1.807, 2.05) is 0 Å². The Hall–Kier alpha value is -1.20. The zero-order chi connectivity index (χ0) is 9.80. The number of morpholine rings is 1. The molecule has 1 atom stereocenters. The summed E-state index contributed by atoms with van der Waals surface area (Å²) in [6, 6.07) is 1.45. The lowest BCUT2D eigenvalue weighted by Crippen LogP contribution is -2.42. The van der Waals surface area contributed by atoms with Crippen molar-refractivity contribution >= 4 is 0 Å². The van der Waals surface area contributed by atoms with Crippen LogP contribution in [0.5, 0.6) is 0 Å². The van der Waals surface area contributed by atoms with Gasteiger partial charge in [-0.3, -0.25) is 9.36 Å². The van der Waals surface area contributed by atoms with E-state index in [1.54, 1.807) is 10.9 Å². The number of nitrogens with one attached hydrogen (secondary N) is 1. The SMILES string of the molecule is O=c1ccncn1CC1CNCCO1. The van der Waals surface area contributed by atoms with E-state index >= 15 is 0 Å². The van der Waals surface area contributed by atoms with E-state index < -0.39 is 0 Å². The maximum atomic E-state index is 11.3. The molecule has 76 valence electrons. The highest BCUT2D eigenvalue weighted by Gasteiger charge is 2.13. The molecule has 1 fully saturated rings. The summed E-state index contributed by atoms with van der Waals surface area (Å²) >= 11 is 0. The first-order valence-electron chi connectivity index (χ1n) is 4.69. The Labute approximate surface area is 81.7 Å². The van der Waals surface area contributed by atoms with Crippen LogP contribution in [0.4, 0.5) is 0 Å². The summed E-state index contributed by atoms with van der Waals surface area (Å²) in [7, 11) is 0. The van der Waals surface area contributed by atoms with E-state index in [1.165, 1.54) is 12.3 Å². The molecule has 0 aromatic carbocycles. The van der Waals surface area contributed by atoms with Gasteiger partial charge in [0.05, 0.1) is 25.6 Å². The summed E-state index contributed by atoms with van der Waals surface area (Å²) in [6.45, 7) is 2.96. The van der Waals surface area contributed by atoms with E-state index in [2.05, 4.69) is 10.3 Å². The lowest BCUT2D eigenvalue weighted by Gasteiger charge is -2.23. The van der Waals surface area contributed by atoms with Gasteiger partial charge in [-0.25, -0.2) is 4.98 Å². The average Bonchev–Trinajstić information content (AvgIpc) is 2.23. The Morgan fingerprint density at radius 2 is 2.64 bits per heavy atom. The molecule has 0 bridgehead atoms. The molecule has 0 aliphatic carbocycles. The van der Waals surface area contributed by atoms with E-state index in [0.29, 0.717) is 13.2 Å². The van der Waals surface area contributed by atoms with Crippen molar-refractivity contribution in [1.82, 2.24) is 14.9 Å². The van der Waals surface area contributed by atoms with E-state index in [0.717, 1.165) is 13.1 Å². The number of nitrogens with zero attached hydrogens (tertiary/aromatic N) is 2. The molecule has 1 aromatic rings. The lowest BCUT2D eigenvalue weighted by atomic mass is 10.3. The van der Waals surface area contributed by atoms with E-state index in [-0.39, 0.29) is 11.7 Å². The van der Waals surface area contributed by atoms with Gasteiger partial charge in [-0.15, -0.1) is 0 Å². The van der Waals surface area contributed by atoms with E-state index in [4.69, 9.17) is 4.74 Å². The van der Waals surface area contributed by atoms with Crippen molar-refractivity contribution < 1.29 is 4.74 Å². The van der Waals surface area contributed by atoms with Gasteiger partial charge in [0.25, 0.3) is 5.56 Å². The van der Waals surface area contributed by atoms with Crippen LogP contribution >= 0.6 is 0 Å². The predicted molar refractivity (Wildman–Crippen MR) is 51.1 cm³/mol. The number of hydrogen-bond donors (Lipinski definition) is 1. The molecule has 1 unspecified atom stereocenters. The quantitative estimate of drug-likeness (QED) is 0.673. The maximum Gasteiger partial charge on any atom is 0.253 e. The third-order valence-corrected chi connectivity index (χ3v) is 2.20. The molecule has 1 saturated heterocycles. The zero-order valence-electron chi connectivity index (χ0n) is 7.85. The first-order valence-corrected chi connectivity index (χ1v) is 4.69. The normalized spacial score (nSPS) is 22.1. The van der Waals surface area contributed by atoms with Crippen molar-refractivity contribution in [2.75, 3.05) is 19.7 Å². The monoisotopic (exact) mass is 195 g/mol. The molecule has 0 radical (unpaired) electrons. The minimum absolute atomic E-state index is 0.0332.